The van der Waals surface area contributed by atoms with Crippen molar-refractivity contribution < 1.29 is 24.2 Å². The first-order chi connectivity index (χ1) is 6.06. The average Bonchev–Trinajstić information content (AvgIpc) is 2.01. The van der Waals surface area contributed by atoms with Crippen molar-refractivity contribution in [3.05, 3.63) is 0 Å². The van der Waals surface area contributed by atoms with Gasteiger partial charge in [-0.25, -0.2) is 0 Å². The summed E-state index contributed by atoms with van der Waals surface area (Å²) in [5.74, 6) is -2.05. The van der Waals surface area contributed by atoms with Crippen LogP contribution < -0.4 is 0 Å². The van der Waals surface area contributed by atoms with Gasteiger partial charge < -0.3 is 9.84 Å². The summed E-state index contributed by atoms with van der Waals surface area (Å²) in [7, 11) is 0. The van der Waals surface area contributed by atoms with Crippen molar-refractivity contribution in [2.24, 2.45) is 0 Å². The standard InChI is InChI=1S/C8H12O5/c1-2-13-8(12)5-6(9)3-4-7(10)11/h2-5H2,1H3,(H,10,11). The zero-order chi connectivity index (χ0) is 10.3. The molecule has 0 aromatic heterocycles. The van der Waals surface area contributed by atoms with Crippen LogP contribution in [0.2, 0.25) is 0 Å². The van der Waals surface area contributed by atoms with Crippen molar-refractivity contribution in [1.29, 1.82) is 0 Å². The number of Topliss-reactive ketones (excluding diaryl/α,β-unsaturated/α-hetero) is 1. The fourth-order valence-corrected chi connectivity index (χ4v) is 0.708. The quantitative estimate of drug-likeness (QED) is 0.481. The first-order valence-electron chi connectivity index (χ1n) is 3.95. The Balaban J connectivity index is 3.62. The molecule has 0 amide bonds. The van der Waals surface area contributed by atoms with Crippen LogP contribution in [0.1, 0.15) is 26.2 Å². The van der Waals surface area contributed by atoms with Gasteiger partial charge in [0.2, 0.25) is 0 Å². The van der Waals surface area contributed by atoms with E-state index in [1.165, 1.54) is 0 Å². The van der Waals surface area contributed by atoms with Crippen LogP contribution in [0.3, 0.4) is 0 Å². The third-order valence-electron chi connectivity index (χ3n) is 1.26. The number of esters is 1. The van der Waals surface area contributed by atoms with Gasteiger partial charge in [0.1, 0.15) is 12.2 Å². The van der Waals surface area contributed by atoms with Gasteiger partial charge in [-0.15, -0.1) is 0 Å². The first-order valence-corrected chi connectivity index (χ1v) is 3.95. The van der Waals surface area contributed by atoms with Gasteiger partial charge in [-0.05, 0) is 6.92 Å². The Morgan fingerprint density at radius 1 is 1.23 bits per heavy atom. The van der Waals surface area contributed by atoms with Crippen LogP contribution in [-0.2, 0) is 19.1 Å². The molecule has 0 unspecified atom stereocenters. The van der Waals surface area contributed by atoms with E-state index < -0.39 is 17.7 Å². The lowest BCUT2D eigenvalue weighted by Crippen LogP contribution is -2.12. The van der Waals surface area contributed by atoms with E-state index in [2.05, 4.69) is 4.74 Å². The molecule has 0 fully saturated rings. The Morgan fingerprint density at radius 3 is 2.31 bits per heavy atom. The van der Waals surface area contributed by atoms with E-state index in [9.17, 15) is 14.4 Å². The van der Waals surface area contributed by atoms with E-state index >= 15 is 0 Å². The number of ether oxygens (including phenoxy) is 1. The minimum absolute atomic E-state index is 0.117. The van der Waals surface area contributed by atoms with E-state index in [1.54, 1.807) is 6.92 Å². The summed E-state index contributed by atoms with van der Waals surface area (Å²) in [5, 5.41) is 8.23. The molecule has 0 radical (unpaired) electrons. The fourth-order valence-electron chi connectivity index (χ4n) is 0.708. The molecule has 0 aliphatic carbocycles. The number of carbonyl (C=O) groups excluding carboxylic acids is 2. The molecule has 0 saturated heterocycles. The number of hydrogen-bond acceptors (Lipinski definition) is 4. The summed E-state index contributed by atoms with van der Waals surface area (Å²) in [5.41, 5.74) is 0. The molecule has 0 aliphatic rings. The van der Waals surface area contributed by atoms with Crippen LogP contribution in [0.15, 0.2) is 0 Å². The molecular formula is C8H12O5. The molecule has 0 aromatic carbocycles. The SMILES string of the molecule is CCOC(=O)CC(=O)CCC(=O)O. The third-order valence-corrected chi connectivity index (χ3v) is 1.26. The number of carboxylic acids is 1. The van der Waals surface area contributed by atoms with Crippen molar-refractivity contribution in [3.8, 4) is 0 Å². The maximum atomic E-state index is 10.9. The molecule has 5 heteroatoms. The van der Waals surface area contributed by atoms with E-state index in [-0.39, 0.29) is 25.9 Å². The first kappa shape index (κ1) is 11.6. The maximum Gasteiger partial charge on any atom is 0.313 e. The molecule has 0 atom stereocenters. The third kappa shape index (κ3) is 6.99. The highest BCUT2D eigenvalue weighted by atomic mass is 16.5. The monoisotopic (exact) mass is 188 g/mol. The lowest BCUT2D eigenvalue weighted by Gasteiger charge is -1.99. The Morgan fingerprint density at radius 2 is 1.85 bits per heavy atom. The molecule has 0 spiro atoms. The number of hydrogen-bond donors (Lipinski definition) is 1. The summed E-state index contributed by atoms with van der Waals surface area (Å²) in [4.78, 5) is 31.6. The Labute approximate surface area is 75.7 Å². The summed E-state index contributed by atoms with van der Waals surface area (Å²) < 4.78 is 4.51. The molecule has 0 rings (SSSR count). The molecule has 74 valence electrons. The van der Waals surface area contributed by atoms with Gasteiger partial charge in [-0.2, -0.15) is 0 Å². The molecule has 0 aliphatic heterocycles. The zero-order valence-electron chi connectivity index (χ0n) is 7.41. The van der Waals surface area contributed by atoms with Crippen molar-refractivity contribution in [2.75, 3.05) is 6.61 Å². The van der Waals surface area contributed by atoms with Crippen LogP contribution >= 0.6 is 0 Å². The molecule has 1 N–H and O–H groups in total. The van der Waals surface area contributed by atoms with E-state index in [4.69, 9.17) is 5.11 Å². The molecule has 13 heavy (non-hydrogen) atoms. The summed E-state index contributed by atoms with van der Waals surface area (Å²) in [6.45, 7) is 1.87. The predicted molar refractivity (Wildman–Crippen MR) is 43.1 cm³/mol. The van der Waals surface area contributed by atoms with Crippen molar-refractivity contribution in [2.45, 2.75) is 26.2 Å². The van der Waals surface area contributed by atoms with E-state index in [0.29, 0.717) is 0 Å². The van der Waals surface area contributed by atoms with Gasteiger partial charge in [0.15, 0.2) is 0 Å². The van der Waals surface area contributed by atoms with Crippen molar-refractivity contribution in [3.63, 3.8) is 0 Å². The van der Waals surface area contributed by atoms with Crippen LogP contribution in [0, 0.1) is 0 Å². The second kappa shape index (κ2) is 6.16. The second-order valence-corrected chi connectivity index (χ2v) is 2.41. The lowest BCUT2D eigenvalue weighted by atomic mass is 10.2. The van der Waals surface area contributed by atoms with Gasteiger partial charge >= 0.3 is 11.9 Å². The number of carboxylic acid groups (broad SMARTS) is 1. The molecule has 0 saturated carbocycles. The number of carbonyl (C=O) groups is 3. The van der Waals surface area contributed by atoms with Crippen LogP contribution in [0.5, 0.6) is 0 Å². The van der Waals surface area contributed by atoms with Crippen LogP contribution in [0.25, 0.3) is 0 Å². The molecule has 0 heterocycles. The van der Waals surface area contributed by atoms with Gasteiger partial charge in [0.05, 0.1) is 13.0 Å². The van der Waals surface area contributed by atoms with Crippen LogP contribution in [-0.4, -0.2) is 29.4 Å². The smallest absolute Gasteiger partial charge is 0.313 e. The summed E-state index contributed by atoms with van der Waals surface area (Å²) in [6, 6.07) is 0. The number of aliphatic carboxylic acids is 1. The zero-order valence-corrected chi connectivity index (χ0v) is 7.41. The summed E-state index contributed by atoms with van der Waals surface area (Å²) >= 11 is 0. The van der Waals surface area contributed by atoms with E-state index in [1.807, 2.05) is 0 Å². The summed E-state index contributed by atoms with van der Waals surface area (Å²) in [6.07, 6.45) is -0.687. The minimum atomic E-state index is -1.04. The topological polar surface area (TPSA) is 80.7 Å². The molecule has 0 bridgehead atoms. The second-order valence-electron chi connectivity index (χ2n) is 2.41. The van der Waals surface area contributed by atoms with E-state index in [0.717, 1.165) is 0 Å². The maximum absolute atomic E-state index is 10.9. The Hall–Kier alpha value is -1.39. The lowest BCUT2D eigenvalue weighted by molar-refractivity contribution is -0.146. The Bertz CT molecular complexity index is 209. The average molecular weight is 188 g/mol. The highest BCUT2D eigenvalue weighted by Gasteiger charge is 2.11. The van der Waals surface area contributed by atoms with Gasteiger partial charge in [-0.1, -0.05) is 0 Å². The van der Waals surface area contributed by atoms with Crippen molar-refractivity contribution >= 4 is 17.7 Å². The fraction of sp³-hybridized carbons (Fsp3) is 0.625. The number of rotatable bonds is 6. The van der Waals surface area contributed by atoms with Gasteiger partial charge in [0.25, 0.3) is 0 Å². The minimum Gasteiger partial charge on any atom is -0.481 e. The highest BCUT2D eigenvalue weighted by Crippen LogP contribution is 1.97. The van der Waals surface area contributed by atoms with Crippen molar-refractivity contribution in [1.82, 2.24) is 0 Å². The molecule has 0 aromatic rings. The molecular weight excluding hydrogens is 176 g/mol. The Kier molecular flexibility index (Phi) is 5.50. The normalized spacial score (nSPS) is 9.31. The molecule has 5 nitrogen and oxygen atoms in total. The largest absolute Gasteiger partial charge is 0.481 e. The van der Waals surface area contributed by atoms with Gasteiger partial charge in [0, 0.05) is 6.42 Å². The predicted octanol–water partition coefficient (Wildman–Crippen LogP) is 0.374. The number of ketones is 1. The van der Waals surface area contributed by atoms with Crippen LogP contribution in [0.4, 0.5) is 0 Å². The highest BCUT2D eigenvalue weighted by molar-refractivity contribution is 5.96. The van der Waals surface area contributed by atoms with Gasteiger partial charge in [-0.3, -0.25) is 14.4 Å².